The van der Waals surface area contributed by atoms with E-state index in [-0.39, 0.29) is 17.6 Å². The van der Waals surface area contributed by atoms with Crippen molar-refractivity contribution in [3.8, 4) is 11.5 Å². The first-order chi connectivity index (χ1) is 10.6. The van der Waals surface area contributed by atoms with Gasteiger partial charge in [0, 0.05) is 12.2 Å². The van der Waals surface area contributed by atoms with E-state index in [4.69, 9.17) is 15.2 Å². The summed E-state index contributed by atoms with van der Waals surface area (Å²) in [6.45, 7) is 3.39. The van der Waals surface area contributed by atoms with Crippen LogP contribution >= 0.6 is 11.8 Å². The Morgan fingerprint density at radius 3 is 2.41 bits per heavy atom. The average Bonchev–Trinajstić information content (AvgIpc) is 2.50. The topological polar surface area (TPSA) is 90.7 Å². The number of carbonyl (C=O) groups is 2. The molecule has 0 unspecified atom stereocenters. The van der Waals surface area contributed by atoms with Crippen molar-refractivity contribution in [1.82, 2.24) is 5.32 Å². The van der Waals surface area contributed by atoms with Crippen LogP contribution in [0.25, 0.3) is 0 Å². The number of carbonyl (C=O) groups excluding carboxylic acids is 2. The fourth-order valence-corrected chi connectivity index (χ4v) is 2.26. The number of nitrogens with two attached hydrogens (primary N) is 1. The number of rotatable bonds is 11. The molecule has 1 aromatic rings. The summed E-state index contributed by atoms with van der Waals surface area (Å²) < 4.78 is 10.8. The second-order valence-electron chi connectivity index (χ2n) is 4.37. The lowest BCUT2D eigenvalue weighted by Crippen LogP contribution is -2.28. The van der Waals surface area contributed by atoms with E-state index >= 15 is 0 Å². The Morgan fingerprint density at radius 1 is 1.18 bits per heavy atom. The molecule has 0 spiro atoms. The van der Waals surface area contributed by atoms with Crippen LogP contribution in [0.15, 0.2) is 24.3 Å². The van der Waals surface area contributed by atoms with Gasteiger partial charge in [-0.3, -0.25) is 9.59 Å². The summed E-state index contributed by atoms with van der Waals surface area (Å²) in [6, 6.07) is 7.33. The summed E-state index contributed by atoms with van der Waals surface area (Å²) in [4.78, 5) is 22.0. The molecule has 0 bridgehead atoms. The lowest BCUT2D eigenvalue weighted by molar-refractivity contribution is -0.120. The Bertz CT molecular complexity index is 465. The van der Waals surface area contributed by atoms with E-state index in [0.717, 1.165) is 11.5 Å². The lowest BCUT2D eigenvalue weighted by Gasteiger charge is -2.08. The van der Waals surface area contributed by atoms with Crippen molar-refractivity contribution in [3.63, 3.8) is 0 Å². The predicted octanol–water partition coefficient (Wildman–Crippen LogP) is 1.19. The smallest absolute Gasteiger partial charge is 0.227 e. The molecule has 0 aliphatic carbocycles. The van der Waals surface area contributed by atoms with Gasteiger partial charge in [0.1, 0.15) is 18.1 Å². The van der Waals surface area contributed by atoms with Crippen molar-refractivity contribution in [1.29, 1.82) is 0 Å². The summed E-state index contributed by atoms with van der Waals surface area (Å²) in [6.07, 6.45) is 0.362. The summed E-state index contributed by atoms with van der Waals surface area (Å²) in [5.74, 6) is 1.93. The van der Waals surface area contributed by atoms with Gasteiger partial charge in [-0.2, -0.15) is 11.8 Å². The number of amides is 2. The molecular formula is C15H22N2O4S. The Labute approximate surface area is 134 Å². The third-order valence-electron chi connectivity index (χ3n) is 2.55. The molecule has 2 amide bonds. The molecule has 0 atom stereocenters. The van der Waals surface area contributed by atoms with E-state index in [2.05, 4.69) is 5.32 Å². The summed E-state index contributed by atoms with van der Waals surface area (Å²) in [7, 11) is 0. The number of ether oxygens (including phenoxy) is 2. The van der Waals surface area contributed by atoms with Gasteiger partial charge in [-0.15, -0.1) is 0 Å². The highest BCUT2D eigenvalue weighted by Crippen LogP contribution is 2.17. The van der Waals surface area contributed by atoms with Gasteiger partial charge < -0.3 is 20.5 Å². The number of benzene rings is 1. The molecule has 0 saturated heterocycles. The molecule has 0 saturated carbocycles. The van der Waals surface area contributed by atoms with Gasteiger partial charge in [-0.1, -0.05) is 0 Å². The first-order valence-electron chi connectivity index (χ1n) is 7.10. The number of hydrogen-bond donors (Lipinski definition) is 2. The minimum atomic E-state index is -0.367. The van der Waals surface area contributed by atoms with E-state index in [1.165, 1.54) is 11.8 Å². The van der Waals surface area contributed by atoms with E-state index in [1.807, 2.05) is 31.2 Å². The quantitative estimate of drug-likeness (QED) is 0.596. The summed E-state index contributed by atoms with van der Waals surface area (Å²) in [5.41, 5.74) is 5.00. The van der Waals surface area contributed by atoms with Crippen LogP contribution in [0, 0.1) is 0 Å². The standard InChI is InChI=1S/C15H22N2O4S/c1-2-20-12-3-5-13(6-4-12)21-9-8-17-15(19)7-10-22-11-14(16)18/h3-6H,2,7-11H2,1H3,(H2,16,18)(H,17,19). The Balaban J connectivity index is 2.09. The minimum Gasteiger partial charge on any atom is -0.494 e. The molecule has 0 aromatic heterocycles. The Hall–Kier alpha value is -1.89. The maximum Gasteiger partial charge on any atom is 0.227 e. The van der Waals surface area contributed by atoms with Crippen LogP contribution in [0.3, 0.4) is 0 Å². The normalized spacial score (nSPS) is 10.0. The second kappa shape index (κ2) is 10.8. The first-order valence-corrected chi connectivity index (χ1v) is 8.25. The highest BCUT2D eigenvalue weighted by atomic mass is 32.2. The van der Waals surface area contributed by atoms with Gasteiger partial charge >= 0.3 is 0 Å². The van der Waals surface area contributed by atoms with Crippen LogP contribution < -0.4 is 20.5 Å². The third kappa shape index (κ3) is 8.41. The molecule has 1 aromatic carbocycles. The molecule has 0 heterocycles. The minimum absolute atomic E-state index is 0.0627. The van der Waals surface area contributed by atoms with Crippen molar-refractivity contribution in [2.24, 2.45) is 5.73 Å². The SMILES string of the molecule is CCOc1ccc(OCCNC(=O)CCSCC(N)=O)cc1. The van der Waals surface area contributed by atoms with E-state index in [9.17, 15) is 9.59 Å². The number of thioether (sulfide) groups is 1. The zero-order valence-electron chi connectivity index (χ0n) is 12.7. The predicted molar refractivity (Wildman–Crippen MR) is 87.3 cm³/mol. The van der Waals surface area contributed by atoms with Crippen molar-refractivity contribution in [2.45, 2.75) is 13.3 Å². The Kier molecular flexibility index (Phi) is 8.90. The van der Waals surface area contributed by atoms with Crippen LogP contribution in [0.1, 0.15) is 13.3 Å². The first kappa shape index (κ1) is 18.2. The fraction of sp³-hybridized carbons (Fsp3) is 0.467. The van der Waals surface area contributed by atoms with E-state index in [0.29, 0.717) is 31.9 Å². The molecule has 0 radical (unpaired) electrons. The van der Waals surface area contributed by atoms with Gasteiger partial charge in [-0.25, -0.2) is 0 Å². The van der Waals surface area contributed by atoms with Gasteiger partial charge in [0.2, 0.25) is 11.8 Å². The third-order valence-corrected chi connectivity index (χ3v) is 3.53. The molecule has 122 valence electrons. The fourth-order valence-electron chi connectivity index (χ4n) is 1.58. The van der Waals surface area contributed by atoms with Crippen molar-refractivity contribution in [3.05, 3.63) is 24.3 Å². The van der Waals surface area contributed by atoms with Crippen LogP contribution in [-0.4, -0.2) is 43.1 Å². The molecule has 7 heteroatoms. The van der Waals surface area contributed by atoms with Crippen LogP contribution in [0.5, 0.6) is 11.5 Å². The van der Waals surface area contributed by atoms with Crippen molar-refractivity contribution < 1.29 is 19.1 Å². The van der Waals surface area contributed by atoms with Gasteiger partial charge in [0.15, 0.2) is 0 Å². The number of nitrogens with one attached hydrogen (secondary N) is 1. The monoisotopic (exact) mass is 326 g/mol. The average molecular weight is 326 g/mol. The zero-order valence-corrected chi connectivity index (χ0v) is 13.5. The van der Waals surface area contributed by atoms with Gasteiger partial charge in [0.05, 0.1) is 18.9 Å². The molecule has 6 nitrogen and oxygen atoms in total. The highest BCUT2D eigenvalue weighted by Gasteiger charge is 2.02. The maximum atomic E-state index is 11.5. The van der Waals surface area contributed by atoms with Crippen LogP contribution in [0.4, 0.5) is 0 Å². The van der Waals surface area contributed by atoms with E-state index < -0.39 is 0 Å². The van der Waals surface area contributed by atoms with Crippen LogP contribution in [0.2, 0.25) is 0 Å². The largest absolute Gasteiger partial charge is 0.494 e. The molecule has 0 fully saturated rings. The van der Waals surface area contributed by atoms with Crippen LogP contribution in [-0.2, 0) is 9.59 Å². The van der Waals surface area contributed by atoms with Crippen molar-refractivity contribution in [2.75, 3.05) is 31.3 Å². The zero-order chi connectivity index (χ0) is 16.2. The highest BCUT2D eigenvalue weighted by molar-refractivity contribution is 7.99. The molecule has 22 heavy (non-hydrogen) atoms. The molecule has 1 rings (SSSR count). The maximum absolute atomic E-state index is 11.5. The Morgan fingerprint density at radius 2 is 1.82 bits per heavy atom. The lowest BCUT2D eigenvalue weighted by atomic mass is 10.3. The molecule has 0 aliphatic rings. The van der Waals surface area contributed by atoms with Crippen molar-refractivity contribution >= 4 is 23.6 Å². The summed E-state index contributed by atoms with van der Waals surface area (Å²) >= 11 is 1.35. The van der Waals surface area contributed by atoms with Gasteiger partial charge in [0.25, 0.3) is 0 Å². The van der Waals surface area contributed by atoms with E-state index in [1.54, 1.807) is 0 Å². The molecule has 3 N–H and O–H groups in total. The molecular weight excluding hydrogens is 304 g/mol. The number of primary amides is 1. The van der Waals surface area contributed by atoms with Gasteiger partial charge in [-0.05, 0) is 31.2 Å². The summed E-state index contributed by atoms with van der Waals surface area (Å²) in [5, 5.41) is 2.75. The number of hydrogen-bond acceptors (Lipinski definition) is 5. The second-order valence-corrected chi connectivity index (χ2v) is 5.48. The molecule has 0 aliphatic heterocycles.